The van der Waals surface area contributed by atoms with E-state index in [1.54, 1.807) is 0 Å². The van der Waals surface area contributed by atoms with Crippen LogP contribution in [0, 0.1) is 0 Å². The first-order valence-electron chi connectivity index (χ1n) is 13.5. The SMILES string of the molecule is O=C(Cc1cn(-c2ccc(N3CCC(N4CCOCC4)CC3)nn2)c2ccccc12)NCc1ccccc1. The van der Waals surface area contributed by atoms with Crippen LogP contribution in [0.5, 0.6) is 0 Å². The average Bonchev–Trinajstić information content (AvgIpc) is 3.35. The molecule has 1 amide bonds. The third kappa shape index (κ3) is 5.42. The van der Waals surface area contributed by atoms with E-state index in [-0.39, 0.29) is 5.91 Å². The number of morpholine rings is 1. The van der Waals surface area contributed by atoms with E-state index in [1.165, 1.54) is 0 Å². The second-order valence-corrected chi connectivity index (χ2v) is 10.1. The van der Waals surface area contributed by atoms with Crippen LogP contribution in [-0.4, -0.2) is 71.0 Å². The Balaban J connectivity index is 1.13. The average molecular weight is 511 g/mol. The fourth-order valence-electron chi connectivity index (χ4n) is 5.63. The fraction of sp³-hybridized carbons (Fsp3) is 0.367. The molecule has 38 heavy (non-hydrogen) atoms. The van der Waals surface area contributed by atoms with Crippen LogP contribution in [0.25, 0.3) is 16.7 Å². The molecule has 6 rings (SSSR count). The van der Waals surface area contributed by atoms with E-state index < -0.39 is 0 Å². The van der Waals surface area contributed by atoms with Gasteiger partial charge in [0.1, 0.15) is 0 Å². The molecule has 0 aliphatic carbocycles. The predicted octanol–water partition coefficient (Wildman–Crippen LogP) is 3.58. The lowest BCUT2D eigenvalue weighted by Gasteiger charge is -2.40. The minimum atomic E-state index is -0.00123. The summed E-state index contributed by atoms with van der Waals surface area (Å²) in [5.74, 6) is 1.67. The van der Waals surface area contributed by atoms with Crippen molar-refractivity contribution in [2.75, 3.05) is 44.3 Å². The second kappa shape index (κ2) is 11.3. The van der Waals surface area contributed by atoms with E-state index in [1.807, 2.05) is 59.3 Å². The summed E-state index contributed by atoms with van der Waals surface area (Å²) in [4.78, 5) is 17.7. The molecule has 2 aromatic carbocycles. The van der Waals surface area contributed by atoms with Crippen LogP contribution in [0.4, 0.5) is 5.82 Å². The summed E-state index contributed by atoms with van der Waals surface area (Å²) in [5, 5.41) is 13.3. The Morgan fingerprint density at radius 1 is 0.868 bits per heavy atom. The zero-order valence-electron chi connectivity index (χ0n) is 21.6. The second-order valence-electron chi connectivity index (χ2n) is 10.1. The van der Waals surface area contributed by atoms with Gasteiger partial charge >= 0.3 is 0 Å². The number of aromatic nitrogens is 3. The number of carbonyl (C=O) groups excluding carboxylic acids is 1. The van der Waals surface area contributed by atoms with Crippen LogP contribution in [0.3, 0.4) is 0 Å². The van der Waals surface area contributed by atoms with Gasteiger partial charge in [0.25, 0.3) is 0 Å². The van der Waals surface area contributed by atoms with Crippen LogP contribution in [0.2, 0.25) is 0 Å². The summed E-state index contributed by atoms with van der Waals surface area (Å²) in [6.07, 6.45) is 4.61. The maximum atomic E-state index is 12.8. The molecule has 0 radical (unpaired) electrons. The number of nitrogens with zero attached hydrogens (tertiary/aromatic N) is 5. The summed E-state index contributed by atoms with van der Waals surface area (Å²) in [6, 6.07) is 22.8. The molecule has 0 unspecified atom stereocenters. The number of hydrogen-bond acceptors (Lipinski definition) is 6. The van der Waals surface area contributed by atoms with Crippen molar-refractivity contribution < 1.29 is 9.53 Å². The summed E-state index contributed by atoms with van der Waals surface area (Å²) in [7, 11) is 0. The molecule has 2 aliphatic rings. The normalized spacial score (nSPS) is 17.1. The Morgan fingerprint density at radius 2 is 1.58 bits per heavy atom. The van der Waals surface area contributed by atoms with Crippen molar-refractivity contribution in [2.45, 2.75) is 31.8 Å². The number of ether oxygens (including phenoxy) is 1. The van der Waals surface area contributed by atoms with Gasteiger partial charge in [0.05, 0.1) is 25.2 Å². The number of hydrogen-bond donors (Lipinski definition) is 1. The quantitative estimate of drug-likeness (QED) is 0.410. The maximum absolute atomic E-state index is 12.8. The fourth-order valence-corrected chi connectivity index (χ4v) is 5.63. The summed E-state index contributed by atoms with van der Waals surface area (Å²) >= 11 is 0. The highest BCUT2D eigenvalue weighted by Gasteiger charge is 2.26. The highest BCUT2D eigenvalue weighted by molar-refractivity contribution is 5.90. The molecule has 0 spiro atoms. The molecule has 2 aliphatic heterocycles. The molecule has 2 fully saturated rings. The van der Waals surface area contributed by atoms with Crippen molar-refractivity contribution in [3.8, 4) is 5.82 Å². The number of fused-ring (bicyclic) bond motifs is 1. The molecule has 2 aromatic heterocycles. The molecular formula is C30H34N6O2. The number of nitrogens with one attached hydrogen (secondary N) is 1. The summed E-state index contributed by atoms with van der Waals surface area (Å²) < 4.78 is 7.55. The molecule has 0 bridgehead atoms. The smallest absolute Gasteiger partial charge is 0.224 e. The highest BCUT2D eigenvalue weighted by atomic mass is 16.5. The Labute approximate surface area is 223 Å². The van der Waals surface area contributed by atoms with Gasteiger partial charge in [0.2, 0.25) is 5.91 Å². The van der Waals surface area contributed by atoms with Gasteiger partial charge in [-0.05, 0) is 42.2 Å². The van der Waals surface area contributed by atoms with Crippen molar-refractivity contribution in [1.29, 1.82) is 0 Å². The lowest BCUT2D eigenvalue weighted by atomic mass is 10.0. The van der Waals surface area contributed by atoms with Crippen molar-refractivity contribution in [3.63, 3.8) is 0 Å². The molecule has 4 aromatic rings. The number of para-hydroxylation sites is 1. The molecule has 2 saturated heterocycles. The molecule has 8 nitrogen and oxygen atoms in total. The zero-order valence-corrected chi connectivity index (χ0v) is 21.6. The molecule has 196 valence electrons. The molecule has 0 saturated carbocycles. The lowest BCUT2D eigenvalue weighted by molar-refractivity contribution is -0.120. The van der Waals surface area contributed by atoms with E-state index in [0.717, 1.165) is 85.9 Å². The first kappa shape index (κ1) is 24.6. The van der Waals surface area contributed by atoms with E-state index in [0.29, 0.717) is 19.0 Å². The molecular weight excluding hydrogens is 476 g/mol. The van der Waals surface area contributed by atoms with Gasteiger partial charge in [-0.2, -0.15) is 0 Å². The van der Waals surface area contributed by atoms with E-state index in [9.17, 15) is 4.79 Å². The molecule has 0 atom stereocenters. The minimum absolute atomic E-state index is 0.00123. The molecule has 8 heteroatoms. The topological polar surface area (TPSA) is 75.5 Å². The van der Waals surface area contributed by atoms with Gasteiger partial charge in [-0.25, -0.2) is 0 Å². The number of benzene rings is 2. The standard InChI is InChI=1S/C30H34N6O2/c37-30(31-21-23-6-2-1-3-7-23)20-24-22-36(27-9-5-4-8-26(24)27)29-11-10-28(32-33-29)35-14-12-25(13-15-35)34-16-18-38-19-17-34/h1-11,22,25H,12-21H2,(H,31,37). The van der Waals surface area contributed by atoms with Crippen LogP contribution < -0.4 is 10.2 Å². The van der Waals surface area contributed by atoms with Gasteiger partial charge in [-0.3, -0.25) is 14.3 Å². The van der Waals surface area contributed by atoms with Gasteiger partial charge in [-0.15, -0.1) is 10.2 Å². The maximum Gasteiger partial charge on any atom is 0.224 e. The van der Waals surface area contributed by atoms with Crippen LogP contribution >= 0.6 is 0 Å². The number of rotatable bonds is 7. The van der Waals surface area contributed by atoms with Gasteiger partial charge in [-0.1, -0.05) is 48.5 Å². The van der Waals surface area contributed by atoms with Crippen LogP contribution in [-0.2, 0) is 22.5 Å². The molecule has 4 heterocycles. The monoisotopic (exact) mass is 510 g/mol. The van der Waals surface area contributed by atoms with Crippen molar-refractivity contribution >= 4 is 22.6 Å². The van der Waals surface area contributed by atoms with Gasteiger partial charge in [0, 0.05) is 50.3 Å². The number of carbonyl (C=O) groups is 1. The van der Waals surface area contributed by atoms with Gasteiger partial charge in [0.15, 0.2) is 11.6 Å². The highest BCUT2D eigenvalue weighted by Crippen LogP contribution is 2.26. The first-order valence-corrected chi connectivity index (χ1v) is 13.5. The largest absolute Gasteiger partial charge is 0.379 e. The van der Waals surface area contributed by atoms with Crippen LogP contribution in [0.15, 0.2) is 72.9 Å². The Hall–Kier alpha value is -3.75. The van der Waals surface area contributed by atoms with E-state index in [2.05, 4.69) is 43.5 Å². The third-order valence-electron chi connectivity index (χ3n) is 7.71. The van der Waals surface area contributed by atoms with Crippen molar-refractivity contribution in [2.24, 2.45) is 0 Å². The Morgan fingerprint density at radius 3 is 2.34 bits per heavy atom. The zero-order chi connectivity index (χ0) is 25.7. The summed E-state index contributed by atoms with van der Waals surface area (Å²) in [6.45, 7) is 6.29. The number of amides is 1. The van der Waals surface area contributed by atoms with Gasteiger partial charge < -0.3 is 15.0 Å². The Kier molecular flexibility index (Phi) is 7.33. The first-order chi connectivity index (χ1) is 18.7. The van der Waals surface area contributed by atoms with E-state index in [4.69, 9.17) is 4.74 Å². The summed E-state index contributed by atoms with van der Waals surface area (Å²) in [5.41, 5.74) is 3.08. The molecule has 1 N–H and O–H groups in total. The number of piperidine rings is 1. The predicted molar refractivity (Wildman–Crippen MR) is 148 cm³/mol. The van der Waals surface area contributed by atoms with Crippen molar-refractivity contribution in [1.82, 2.24) is 25.0 Å². The van der Waals surface area contributed by atoms with E-state index >= 15 is 0 Å². The lowest BCUT2D eigenvalue weighted by Crippen LogP contribution is -2.49. The minimum Gasteiger partial charge on any atom is -0.379 e. The number of anilines is 1. The van der Waals surface area contributed by atoms with Crippen LogP contribution in [0.1, 0.15) is 24.0 Å². The third-order valence-corrected chi connectivity index (χ3v) is 7.71. The Bertz CT molecular complexity index is 1360. The van der Waals surface area contributed by atoms with Crippen molar-refractivity contribution in [3.05, 3.63) is 84.1 Å².